The zero-order valence-corrected chi connectivity index (χ0v) is 14.1. The largest absolute Gasteiger partial charge is 0.295 e. The van der Waals surface area contributed by atoms with Crippen molar-refractivity contribution in [2.75, 3.05) is 7.05 Å². The van der Waals surface area contributed by atoms with Crippen LogP contribution in [0.1, 0.15) is 24.1 Å². The first-order valence-corrected chi connectivity index (χ1v) is 8.77. The molecule has 1 atom stereocenters. The molecule has 22 heavy (non-hydrogen) atoms. The summed E-state index contributed by atoms with van der Waals surface area (Å²) in [5.74, 6) is 0. The Morgan fingerprint density at radius 1 is 1.18 bits per heavy atom. The molecule has 2 aromatic carbocycles. The summed E-state index contributed by atoms with van der Waals surface area (Å²) in [4.78, 5) is 2.27. The van der Waals surface area contributed by atoms with E-state index in [4.69, 9.17) is 16.7 Å². The molecule has 4 nitrogen and oxygen atoms in total. The first-order valence-electron chi connectivity index (χ1n) is 6.85. The van der Waals surface area contributed by atoms with Gasteiger partial charge in [0.05, 0.1) is 4.90 Å². The third-order valence-corrected chi connectivity index (χ3v) is 4.84. The van der Waals surface area contributed by atoms with Crippen LogP contribution in [0.5, 0.6) is 0 Å². The molecular weight excluding hydrogens is 320 g/mol. The number of primary sulfonamides is 1. The maximum absolute atomic E-state index is 11.5. The minimum absolute atomic E-state index is 0.0531. The Labute approximate surface area is 136 Å². The van der Waals surface area contributed by atoms with Gasteiger partial charge in [-0.05, 0) is 49.4 Å². The Morgan fingerprint density at radius 3 is 2.41 bits per heavy atom. The molecule has 0 aliphatic carbocycles. The zero-order valence-electron chi connectivity index (χ0n) is 12.5. The summed E-state index contributed by atoms with van der Waals surface area (Å²) in [6.45, 7) is 2.76. The van der Waals surface area contributed by atoms with Crippen molar-refractivity contribution >= 4 is 21.6 Å². The van der Waals surface area contributed by atoms with Crippen molar-refractivity contribution in [3.8, 4) is 0 Å². The smallest absolute Gasteiger partial charge is 0.238 e. The van der Waals surface area contributed by atoms with Gasteiger partial charge in [0.15, 0.2) is 0 Å². The van der Waals surface area contributed by atoms with E-state index in [-0.39, 0.29) is 10.9 Å². The molecule has 0 saturated carbocycles. The second-order valence-electron chi connectivity index (χ2n) is 5.34. The van der Waals surface area contributed by atoms with Crippen LogP contribution in [-0.4, -0.2) is 20.4 Å². The van der Waals surface area contributed by atoms with E-state index in [1.165, 1.54) is 6.07 Å². The van der Waals surface area contributed by atoms with Crippen LogP contribution in [0, 0.1) is 0 Å². The van der Waals surface area contributed by atoms with Gasteiger partial charge in [-0.3, -0.25) is 4.90 Å². The van der Waals surface area contributed by atoms with Gasteiger partial charge >= 0.3 is 0 Å². The molecule has 0 spiro atoms. The molecule has 0 aliphatic heterocycles. The molecule has 0 amide bonds. The number of benzene rings is 2. The van der Waals surface area contributed by atoms with E-state index in [9.17, 15) is 8.42 Å². The molecule has 0 unspecified atom stereocenters. The SMILES string of the molecule is C[C@H](c1cccc(S(N)(=O)=O)c1)N(C)Cc1ccc(Cl)cc1. The molecule has 0 heterocycles. The topological polar surface area (TPSA) is 63.4 Å². The molecule has 2 rings (SSSR count). The third kappa shape index (κ3) is 4.30. The van der Waals surface area contributed by atoms with E-state index >= 15 is 0 Å². The molecule has 0 radical (unpaired) electrons. The van der Waals surface area contributed by atoms with Crippen LogP contribution in [0.4, 0.5) is 0 Å². The summed E-state index contributed by atoms with van der Waals surface area (Å²) < 4.78 is 22.9. The fraction of sp³-hybridized carbons (Fsp3) is 0.250. The Balaban J connectivity index is 2.16. The summed E-state index contributed by atoms with van der Waals surface area (Å²) in [6, 6.07) is 14.5. The van der Waals surface area contributed by atoms with Crippen molar-refractivity contribution in [1.29, 1.82) is 0 Å². The van der Waals surface area contributed by atoms with Gasteiger partial charge in [-0.1, -0.05) is 35.9 Å². The fourth-order valence-corrected chi connectivity index (χ4v) is 2.92. The van der Waals surface area contributed by atoms with Gasteiger partial charge in [-0.15, -0.1) is 0 Å². The fourth-order valence-electron chi connectivity index (χ4n) is 2.22. The van der Waals surface area contributed by atoms with Gasteiger partial charge in [0.2, 0.25) is 10.0 Å². The number of nitrogens with zero attached hydrogens (tertiary/aromatic N) is 1. The van der Waals surface area contributed by atoms with E-state index in [0.29, 0.717) is 5.02 Å². The number of nitrogens with two attached hydrogens (primary N) is 1. The van der Waals surface area contributed by atoms with Gasteiger partial charge in [-0.2, -0.15) is 0 Å². The van der Waals surface area contributed by atoms with E-state index in [1.54, 1.807) is 12.1 Å². The molecule has 0 fully saturated rings. The summed E-state index contributed by atoms with van der Waals surface area (Å²) in [5.41, 5.74) is 2.05. The number of rotatable bonds is 5. The minimum Gasteiger partial charge on any atom is -0.295 e. The van der Waals surface area contributed by atoms with Crippen molar-refractivity contribution in [2.45, 2.75) is 24.4 Å². The molecule has 0 saturated heterocycles. The van der Waals surface area contributed by atoms with Gasteiger partial charge in [0.1, 0.15) is 0 Å². The van der Waals surface area contributed by atoms with Crippen molar-refractivity contribution in [2.24, 2.45) is 5.14 Å². The van der Waals surface area contributed by atoms with Gasteiger partial charge in [0, 0.05) is 17.6 Å². The molecule has 0 bridgehead atoms. The standard InChI is InChI=1S/C16H19ClN2O2S/c1-12(14-4-3-5-16(10-14)22(18,20)21)19(2)11-13-6-8-15(17)9-7-13/h3-10,12H,11H2,1-2H3,(H2,18,20,21)/t12-/m1/s1. The van der Waals surface area contributed by atoms with E-state index in [1.807, 2.05) is 44.3 Å². The number of sulfonamides is 1. The van der Waals surface area contributed by atoms with Gasteiger partial charge < -0.3 is 0 Å². The monoisotopic (exact) mass is 338 g/mol. The van der Waals surface area contributed by atoms with Crippen LogP contribution >= 0.6 is 11.6 Å². The Morgan fingerprint density at radius 2 is 1.82 bits per heavy atom. The maximum Gasteiger partial charge on any atom is 0.238 e. The van der Waals surface area contributed by atoms with Crippen molar-refractivity contribution in [3.63, 3.8) is 0 Å². The summed E-state index contributed by atoms with van der Waals surface area (Å²) in [7, 11) is -1.69. The molecule has 0 aliphatic rings. The maximum atomic E-state index is 11.5. The first-order chi connectivity index (χ1) is 10.3. The van der Waals surface area contributed by atoms with Crippen LogP contribution in [0.15, 0.2) is 53.4 Å². The average molecular weight is 339 g/mol. The summed E-state index contributed by atoms with van der Waals surface area (Å²) >= 11 is 5.88. The number of hydrogen-bond donors (Lipinski definition) is 1. The lowest BCUT2D eigenvalue weighted by Gasteiger charge is -2.25. The first kappa shape index (κ1) is 17.0. The van der Waals surface area contributed by atoms with Crippen molar-refractivity contribution < 1.29 is 8.42 Å². The van der Waals surface area contributed by atoms with Gasteiger partial charge in [0.25, 0.3) is 0 Å². The van der Waals surface area contributed by atoms with Crippen molar-refractivity contribution in [3.05, 3.63) is 64.7 Å². The quantitative estimate of drug-likeness (QED) is 0.910. The molecule has 2 N–H and O–H groups in total. The lowest BCUT2D eigenvalue weighted by Crippen LogP contribution is -2.22. The predicted molar refractivity (Wildman–Crippen MR) is 89.1 cm³/mol. The lowest BCUT2D eigenvalue weighted by atomic mass is 10.1. The molecule has 6 heteroatoms. The van der Waals surface area contributed by atoms with E-state index in [0.717, 1.165) is 17.7 Å². The van der Waals surface area contributed by atoms with Crippen LogP contribution in [0.25, 0.3) is 0 Å². The molecule has 2 aromatic rings. The molecular formula is C16H19ClN2O2S. The van der Waals surface area contributed by atoms with Crippen LogP contribution in [0.3, 0.4) is 0 Å². The summed E-state index contributed by atoms with van der Waals surface area (Å²) in [6.07, 6.45) is 0. The van der Waals surface area contributed by atoms with Gasteiger partial charge in [-0.25, -0.2) is 13.6 Å². The predicted octanol–water partition coefficient (Wildman–Crippen LogP) is 3.18. The third-order valence-electron chi connectivity index (χ3n) is 3.68. The van der Waals surface area contributed by atoms with Crippen LogP contribution in [-0.2, 0) is 16.6 Å². The zero-order chi connectivity index (χ0) is 16.3. The minimum atomic E-state index is -3.68. The molecule has 0 aromatic heterocycles. The summed E-state index contributed by atoms with van der Waals surface area (Å²) in [5, 5.41) is 5.89. The van der Waals surface area contributed by atoms with E-state index < -0.39 is 10.0 Å². The Bertz CT molecular complexity index is 745. The number of halogens is 1. The highest BCUT2D eigenvalue weighted by Crippen LogP contribution is 2.23. The normalized spacial score (nSPS) is 13.3. The molecule has 118 valence electrons. The van der Waals surface area contributed by atoms with Crippen molar-refractivity contribution in [1.82, 2.24) is 4.90 Å². The highest BCUT2D eigenvalue weighted by molar-refractivity contribution is 7.89. The second kappa shape index (κ2) is 6.79. The number of hydrogen-bond acceptors (Lipinski definition) is 3. The van der Waals surface area contributed by atoms with Crippen LogP contribution in [0.2, 0.25) is 5.02 Å². The second-order valence-corrected chi connectivity index (χ2v) is 7.33. The van der Waals surface area contributed by atoms with E-state index in [2.05, 4.69) is 4.90 Å². The highest BCUT2D eigenvalue weighted by Gasteiger charge is 2.15. The Hall–Kier alpha value is -1.40. The van der Waals surface area contributed by atoms with Crippen LogP contribution < -0.4 is 5.14 Å². The highest BCUT2D eigenvalue weighted by atomic mass is 35.5. The Kier molecular flexibility index (Phi) is 5.24. The lowest BCUT2D eigenvalue weighted by molar-refractivity contribution is 0.253. The average Bonchev–Trinajstić information content (AvgIpc) is 2.48.